The van der Waals surface area contributed by atoms with E-state index < -0.39 is 16.5 Å². The predicted molar refractivity (Wildman–Crippen MR) is 72.1 cm³/mol. The molecule has 108 valence electrons. The van der Waals surface area contributed by atoms with Crippen molar-refractivity contribution in [2.45, 2.75) is 25.4 Å². The van der Waals surface area contributed by atoms with E-state index in [1.807, 2.05) is 0 Å². The van der Waals surface area contributed by atoms with Gasteiger partial charge in [0.1, 0.15) is 11.3 Å². The van der Waals surface area contributed by atoms with Crippen molar-refractivity contribution in [3.8, 4) is 0 Å². The smallest absolute Gasteiger partial charge is 0.342 e. The number of anilines is 1. The zero-order chi connectivity index (χ0) is 14.9. The number of carboxylic acid groups (broad SMARTS) is 1. The number of aromatic carboxylic acids is 1. The van der Waals surface area contributed by atoms with Gasteiger partial charge in [-0.25, -0.2) is 4.79 Å². The van der Waals surface area contributed by atoms with Gasteiger partial charge in [0.25, 0.3) is 0 Å². The number of nitrogens with zero attached hydrogens (tertiary/aromatic N) is 2. The fourth-order valence-corrected chi connectivity index (χ4v) is 2.38. The van der Waals surface area contributed by atoms with Crippen LogP contribution in [0.4, 0.5) is 11.4 Å². The van der Waals surface area contributed by atoms with Crippen LogP contribution in [0.3, 0.4) is 0 Å². The summed E-state index contributed by atoms with van der Waals surface area (Å²) in [5, 5.41) is 30.1. The van der Waals surface area contributed by atoms with Crippen molar-refractivity contribution in [1.29, 1.82) is 0 Å². The quantitative estimate of drug-likeness (QED) is 0.644. The summed E-state index contributed by atoms with van der Waals surface area (Å²) in [5.41, 5.74) is -1.17. The molecule has 1 heterocycles. The maximum absolute atomic E-state index is 11.2. The molecule has 2 rings (SSSR count). The third kappa shape index (κ3) is 2.72. The highest BCUT2D eigenvalue weighted by atomic mass is 16.6. The molecule has 1 aromatic carbocycles. The van der Waals surface area contributed by atoms with E-state index in [1.54, 1.807) is 17.9 Å². The van der Waals surface area contributed by atoms with Crippen molar-refractivity contribution in [3.63, 3.8) is 0 Å². The van der Waals surface area contributed by atoms with Crippen LogP contribution in [0, 0.1) is 10.1 Å². The molecule has 0 atom stereocenters. The van der Waals surface area contributed by atoms with Crippen molar-refractivity contribution in [2.75, 3.05) is 18.0 Å². The van der Waals surface area contributed by atoms with Gasteiger partial charge >= 0.3 is 11.7 Å². The van der Waals surface area contributed by atoms with Crippen molar-refractivity contribution in [2.24, 2.45) is 0 Å². The zero-order valence-electron chi connectivity index (χ0n) is 11.1. The molecule has 1 aromatic rings. The number of nitro groups is 1. The lowest BCUT2D eigenvalue weighted by molar-refractivity contribution is -0.384. The monoisotopic (exact) mass is 280 g/mol. The molecule has 0 unspecified atom stereocenters. The highest BCUT2D eigenvalue weighted by molar-refractivity contribution is 5.95. The van der Waals surface area contributed by atoms with Gasteiger partial charge in [-0.05, 0) is 31.9 Å². The summed E-state index contributed by atoms with van der Waals surface area (Å²) in [6, 6.07) is 4.27. The van der Waals surface area contributed by atoms with E-state index in [0.29, 0.717) is 31.6 Å². The van der Waals surface area contributed by atoms with Crippen LogP contribution in [0.25, 0.3) is 0 Å². The lowest BCUT2D eigenvalue weighted by Gasteiger charge is -2.36. The molecule has 0 radical (unpaired) electrons. The molecule has 1 aliphatic rings. The first-order chi connectivity index (χ1) is 9.32. The van der Waals surface area contributed by atoms with E-state index >= 15 is 0 Å². The molecule has 0 aromatic heterocycles. The standard InChI is InChI=1S/C13H16N2O5/c1-13(18)5-7-14(8-6-13)10-4-2-3-9(12(16)17)11(10)15(19)20/h2-4,18H,5-8H2,1H3,(H,16,17). The van der Waals surface area contributed by atoms with E-state index in [2.05, 4.69) is 0 Å². The maximum Gasteiger partial charge on any atom is 0.342 e. The van der Waals surface area contributed by atoms with Gasteiger partial charge in [-0.3, -0.25) is 10.1 Å². The molecule has 0 spiro atoms. The first-order valence-corrected chi connectivity index (χ1v) is 6.30. The second kappa shape index (κ2) is 5.09. The van der Waals surface area contributed by atoms with Crippen LogP contribution < -0.4 is 4.90 Å². The molecule has 1 aliphatic heterocycles. The van der Waals surface area contributed by atoms with Crippen molar-refractivity contribution < 1.29 is 19.9 Å². The Morgan fingerprint density at radius 1 is 1.40 bits per heavy atom. The highest BCUT2D eigenvalue weighted by Gasteiger charge is 2.32. The minimum absolute atomic E-state index is 0.297. The number of carboxylic acids is 1. The van der Waals surface area contributed by atoms with Crippen LogP contribution in [0.2, 0.25) is 0 Å². The Hall–Kier alpha value is -2.15. The number of carbonyl (C=O) groups is 1. The van der Waals surface area contributed by atoms with E-state index in [1.165, 1.54) is 12.1 Å². The molecule has 7 heteroatoms. The normalized spacial score (nSPS) is 17.8. The van der Waals surface area contributed by atoms with E-state index in [9.17, 15) is 20.0 Å². The lowest BCUT2D eigenvalue weighted by Crippen LogP contribution is -2.42. The van der Waals surface area contributed by atoms with Gasteiger partial charge in [-0.15, -0.1) is 0 Å². The number of para-hydroxylation sites is 1. The minimum atomic E-state index is -1.32. The van der Waals surface area contributed by atoms with Crippen LogP contribution in [-0.4, -0.2) is 39.8 Å². The molecular weight excluding hydrogens is 264 g/mol. The molecule has 0 bridgehead atoms. The number of hydrogen-bond donors (Lipinski definition) is 2. The van der Waals surface area contributed by atoms with Gasteiger partial charge in [0.2, 0.25) is 0 Å². The van der Waals surface area contributed by atoms with E-state index in [0.717, 1.165) is 0 Å². The first-order valence-electron chi connectivity index (χ1n) is 6.30. The Balaban J connectivity index is 2.40. The van der Waals surface area contributed by atoms with Crippen molar-refractivity contribution in [1.82, 2.24) is 0 Å². The van der Waals surface area contributed by atoms with Crippen LogP contribution in [0.5, 0.6) is 0 Å². The number of nitro benzene ring substituents is 1. The highest BCUT2D eigenvalue weighted by Crippen LogP contribution is 2.35. The van der Waals surface area contributed by atoms with Gasteiger partial charge in [0.15, 0.2) is 0 Å². The largest absolute Gasteiger partial charge is 0.477 e. The number of aliphatic hydroxyl groups is 1. The summed E-state index contributed by atoms with van der Waals surface area (Å²) >= 11 is 0. The average Bonchev–Trinajstić information content (AvgIpc) is 2.37. The molecule has 7 nitrogen and oxygen atoms in total. The Labute approximate surface area is 115 Å². The first kappa shape index (κ1) is 14.3. The summed E-state index contributed by atoms with van der Waals surface area (Å²) < 4.78 is 0. The Morgan fingerprint density at radius 2 is 2.00 bits per heavy atom. The third-order valence-corrected chi connectivity index (χ3v) is 3.61. The zero-order valence-corrected chi connectivity index (χ0v) is 11.1. The van der Waals surface area contributed by atoms with Crippen LogP contribution in [-0.2, 0) is 0 Å². The summed E-state index contributed by atoms with van der Waals surface area (Å²) in [4.78, 5) is 23.4. The van der Waals surface area contributed by atoms with Gasteiger partial charge < -0.3 is 15.1 Å². The summed E-state index contributed by atoms with van der Waals surface area (Å²) in [5.74, 6) is -1.32. The van der Waals surface area contributed by atoms with Crippen LogP contribution >= 0.6 is 0 Å². The average molecular weight is 280 g/mol. The number of rotatable bonds is 3. The van der Waals surface area contributed by atoms with Crippen LogP contribution in [0.1, 0.15) is 30.1 Å². The van der Waals surface area contributed by atoms with E-state index in [-0.39, 0.29) is 11.3 Å². The lowest BCUT2D eigenvalue weighted by atomic mass is 9.93. The Morgan fingerprint density at radius 3 is 2.50 bits per heavy atom. The van der Waals surface area contributed by atoms with Gasteiger partial charge in [-0.1, -0.05) is 6.07 Å². The Bertz CT molecular complexity index is 546. The fourth-order valence-electron chi connectivity index (χ4n) is 2.38. The van der Waals surface area contributed by atoms with Gasteiger partial charge in [0, 0.05) is 13.1 Å². The maximum atomic E-state index is 11.2. The van der Waals surface area contributed by atoms with Gasteiger partial charge in [0.05, 0.1) is 10.5 Å². The minimum Gasteiger partial charge on any atom is -0.477 e. The molecule has 1 saturated heterocycles. The number of piperidine rings is 1. The van der Waals surface area contributed by atoms with Gasteiger partial charge in [-0.2, -0.15) is 0 Å². The molecule has 0 saturated carbocycles. The van der Waals surface area contributed by atoms with E-state index in [4.69, 9.17) is 5.11 Å². The second-order valence-electron chi connectivity index (χ2n) is 5.22. The predicted octanol–water partition coefficient (Wildman–Crippen LogP) is 1.64. The molecule has 0 aliphatic carbocycles. The molecular formula is C13H16N2O5. The number of benzene rings is 1. The third-order valence-electron chi connectivity index (χ3n) is 3.61. The van der Waals surface area contributed by atoms with Crippen molar-refractivity contribution in [3.05, 3.63) is 33.9 Å². The van der Waals surface area contributed by atoms with Crippen molar-refractivity contribution >= 4 is 17.3 Å². The molecule has 0 amide bonds. The SMILES string of the molecule is CC1(O)CCN(c2cccc(C(=O)O)c2[N+](=O)[O-])CC1. The topological polar surface area (TPSA) is 104 Å². The molecule has 20 heavy (non-hydrogen) atoms. The Kier molecular flexibility index (Phi) is 3.63. The summed E-state index contributed by atoms with van der Waals surface area (Å²) in [6.07, 6.45) is 0.975. The second-order valence-corrected chi connectivity index (χ2v) is 5.22. The molecule has 2 N–H and O–H groups in total. The van der Waals surface area contributed by atoms with Crippen LogP contribution in [0.15, 0.2) is 18.2 Å². The molecule has 1 fully saturated rings. The summed E-state index contributed by atoms with van der Waals surface area (Å²) in [7, 11) is 0. The fraction of sp³-hybridized carbons (Fsp3) is 0.462. The summed E-state index contributed by atoms with van der Waals surface area (Å²) in [6.45, 7) is 2.64. The number of hydrogen-bond acceptors (Lipinski definition) is 5.